The number of aromatic nitrogens is 5. The summed E-state index contributed by atoms with van der Waals surface area (Å²) < 4.78 is 13.0. The molecule has 3 heterocycles. The minimum Gasteiger partial charge on any atom is -0.493 e. The van der Waals surface area contributed by atoms with Crippen molar-refractivity contribution >= 4 is 11.8 Å². The molecule has 0 radical (unpaired) electrons. The van der Waals surface area contributed by atoms with E-state index in [4.69, 9.17) is 20.0 Å². The predicted octanol–water partition coefficient (Wildman–Crippen LogP) is 2.52. The van der Waals surface area contributed by atoms with Crippen LogP contribution in [0.25, 0.3) is 5.82 Å². The number of rotatable bonds is 10. The molecule has 4 N–H and O–H groups in total. The van der Waals surface area contributed by atoms with Gasteiger partial charge in [0.15, 0.2) is 17.3 Å². The maximum atomic E-state index is 6.01. The van der Waals surface area contributed by atoms with Gasteiger partial charge in [-0.2, -0.15) is 20.1 Å². The third-order valence-electron chi connectivity index (χ3n) is 5.66. The minimum atomic E-state index is 0.141. The number of aliphatic imine (C=N–C) groups is 1. The Bertz CT molecular complexity index is 1290. The van der Waals surface area contributed by atoms with Gasteiger partial charge >= 0.3 is 0 Å². The maximum absolute atomic E-state index is 6.01. The van der Waals surface area contributed by atoms with Crippen LogP contribution in [0.2, 0.25) is 0 Å². The monoisotopic (exact) mass is 507 g/mol. The largest absolute Gasteiger partial charge is 0.493 e. The van der Waals surface area contributed by atoms with Gasteiger partial charge in [0.25, 0.3) is 0 Å². The molecule has 0 spiro atoms. The lowest BCUT2D eigenvalue weighted by Gasteiger charge is -2.17. The van der Waals surface area contributed by atoms with E-state index in [-0.39, 0.29) is 5.95 Å². The molecule has 1 aliphatic heterocycles. The van der Waals surface area contributed by atoms with Crippen LogP contribution in [0, 0.1) is 6.92 Å². The van der Waals surface area contributed by atoms with Crippen molar-refractivity contribution in [2.45, 2.75) is 39.5 Å². The van der Waals surface area contributed by atoms with E-state index >= 15 is 0 Å². The fourth-order valence-corrected chi connectivity index (χ4v) is 3.90. The number of nitrogen functional groups attached to an aromatic ring is 1. The second kappa shape index (κ2) is 12.2. The topological polar surface area (TPSA) is 147 Å². The van der Waals surface area contributed by atoms with Crippen molar-refractivity contribution in [1.29, 1.82) is 0 Å². The maximum Gasteiger partial charge on any atom is 0.240 e. The SMILES string of the molecule is C/C=C(/COc1cc(-n2nc(N)nc2Cc2ccc(OC)c(ONC)c2)nc(C)n1)NC1=NCCCC1. The summed E-state index contributed by atoms with van der Waals surface area (Å²) in [4.78, 5) is 23.4. The summed E-state index contributed by atoms with van der Waals surface area (Å²) in [5.74, 6) is 4.37. The van der Waals surface area contributed by atoms with Gasteiger partial charge in [-0.05, 0) is 44.4 Å². The fraction of sp³-hybridized carbons (Fsp3) is 0.400. The highest BCUT2D eigenvalue weighted by Gasteiger charge is 2.16. The smallest absolute Gasteiger partial charge is 0.240 e. The van der Waals surface area contributed by atoms with E-state index in [0.717, 1.165) is 42.9 Å². The Morgan fingerprint density at radius 2 is 2.03 bits per heavy atom. The number of nitrogens with zero attached hydrogens (tertiary/aromatic N) is 6. The second-order valence-corrected chi connectivity index (χ2v) is 8.39. The quantitative estimate of drug-likeness (QED) is 0.350. The first kappa shape index (κ1) is 25.9. The van der Waals surface area contributed by atoms with E-state index in [1.165, 1.54) is 0 Å². The van der Waals surface area contributed by atoms with Gasteiger partial charge in [-0.25, -0.2) is 4.98 Å². The number of ether oxygens (including phenoxy) is 2. The number of aryl methyl sites for hydroxylation is 1. The Morgan fingerprint density at radius 1 is 1.16 bits per heavy atom. The summed E-state index contributed by atoms with van der Waals surface area (Å²) in [6.45, 7) is 4.94. The molecule has 2 aromatic heterocycles. The van der Waals surface area contributed by atoms with Gasteiger partial charge in [0.1, 0.15) is 24.1 Å². The van der Waals surface area contributed by atoms with Crippen LogP contribution < -0.4 is 30.8 Å². The molecule has 4 rings (SSSR count). The van der Waals surface area contributed by atoms with Gasteiger partial charge in [0.05, 0.1) is 7.11 Å². The molecule has 0 bridgehead atoms. The molecule has 0 aliphatic carbocycles. The van der Waals surface area contributed by atoms with E-state index in [1.807, 2.05) is 31.2 Å². The number of hydrogen-bond acceptors (Lipinski definition) is 11. The zero-order chi connectivity index (χ0) is 26.2. The first-order chi connectivity index (χ1) is 18.0. The number of hydroxylamine groups is 1. The minimum absolute atomic E-state index is 0.141. The number of nitrogens with one attached hydrogen (secondary N) is 2. The molecule has 12 nitrogen and oxygen atoms in total. The fourth-order valence-electron chi connectivity index (χ4n) is 3.90. The molecule has 0 unspecified atom stereocenters. The predicted molar refractivity (Wildman–Crippen MR) is 140 cm³/mol. The van der Waals surface area contributed by atoms with Crippen molar-refractivity contribution in [3.63, 3.8) is 0 Å². The van der Waals surface area contributed by atoms with Gasteiger partial charge in [0, 0.05) is 38.2 Å². The van der Waals surface area contributed by atoms with E-state index in [0.29, 0.717) is 47.9 Å². The lowest BCUT2D eigenvalue weighted by molar-refractivity contribution is 0.212. The average molecular weight is 508 g/mol. The molecule has 12 heteroatoms. The summed E-state index contributed by atoms with van der Waals surface area (Å²) in [6, 6.07) is 7.35. The summed E-state index contributed by atoms with van der Waals surface area (Å²) in [5.41, 5.74) is 10.5. The molecule has 0 fully saturated rings. The first-order valence-electron chi connectivity index (χ1n) is 12.2. The summed E-state index contributed by atoms with van der Waals surface area (Å²) >= 11 is 0. The van der Waals surface area contributed by atoms with E-state index < -0.39 is 0 Å². The lowest BCUT2D eigenvalue weighted by atomic mass is 10.1. The van der Waals surface area contributed by atoms with Gasteiger partial charge < -0.3 is 25.4 Å². The van der Waals surface area contributed by atoms with Crippen molar-refractivity contribution in [2.75, 3.05) is 33.0 Å². The normalized spacial score (nSPS) is 13.7. The van der Waals surface area contributed by atoms with Crippen LogP contribution in [-0.2, 0) is 6.42 Å². The van der Waals surface area contributed by atoms with Crippen molar-refractivity contribution in [3.8, 4) is 23.2 Å². The zero-order valence-electron chi connectivity index (χ0n) is 21.6. The van der Waals surface area contributed by atoms with Crippen molar-refractivity contribution in [2.24, 2.45) is 4.99 Å². The summed E-state index contributed by atoms with van der Waals surface area (Å²) in [5, 5.41) is 7.74. The molecule has 0 amide bonds. The van der Waals surface area contributed by atoms with Crippen molar-refractivity contribution < 1.29 is 14.3 Å². The van der Waals surface area contributed by atoms with Gasteiger partial charge in [-0.1, -0.05) is 12.1 Å². The second-order valence-electron chi connectivity index (χ2n) is 8.39. The Hall–Kier alpha value is -4.19. The number of hydrogen-bond donors (Lipinski definition) is 3. The number of nitrogens with two attached hydrogens (primary N) is 1. The van der Waals surface area contributed by atoms with Crippen LogP contribution in [-0.4, -0.2) is 57.9 Å². The average Bonchev–Trinajstić information content (AvgIpc) is 3.27. The van der Waals surface area contributed by atoms with Crippen LogP contribution in [0.1, 0.15) is 43.4 Å². The van der Waals surface area contributed by atoms with Crippen LogP contribution >= 0.6 is 0 Å². The lowest BCUT2D eigenvalue weighted by Crippen LogP contribution is -2.28. The number of allylic oxidation sites excluding steroid dienone is 1. The Labute approximate surface area is 215 Å². The Morgan fingerprint density at radius 3 is 2.76 bits per heavy atom. The molecular weight excluding hydrogens is 474 g/mol. The highest BCUT2D eigenvalue weighted by Crippen LogP contribution is 2.28. The molecule has 37 heavy (non-hydrogen) atoms. The van der Waals surface area contributed by atoms with E-state index in [2.05, 4.69) is 35.8 Å². The molecule has 0 atom stereocenters. The highest BCUT2D eigenvalue weighted by molar-refractivity contribution is 5.84. The number of anilines is 1. The first-order valence-corrected chi connectivity index (χ1v) is 12.2. The molecule has 1 aliphatic rings. The zero-order valence-corrected chi connectivity index (χ0v) is 21.6. The van der Waals surface area contributed by atoms with Crippen LogP contribution in [0.3, 0.4) is 0 Å². The standard InChI is InChI=1S/C25H33N9O3/c1-5-18(31-21-8-6-7-11-28-21)15-36-24-14-23(29-16(2)30-24)34-22(32-25(26)33-34)13-17-9-10-19(35-4)20(12-17)37-27-3/h5,9-10,12,14,27H,6-8,11,13,15H2,1-4H3,(H2,26,33)(H,28,31)/b18-5-. The van der Waals surface area contributed by atoms with Crippen molar-refractivity contribution in [3.05, 3.63) is 53.3 Å². The number of methoxy groups -OCH3 is 1. The molecule has 0 saturated carbocycles. The van der Waals surface area contributed by atoms with E-state index in [9.17, 15) is 0 Å². The van der Waals surface area contributed by atoms with E-state index in [1.54, 1.807) is 31.8 Å². The Balaban J connectivity index is 1.53. The molecule has 1 aromatic carbocycles. The van der Waals surface area contributed by atoms with Crippen LogP contribution in [0.15, 0.2) is 41.0 Å². The summed E-state index contributed by atoms with van der Waals surface area (Å²) in [6.07, 6.45) is 5.63. The summed E-state index contributed by atoms with van der Waals surface area (Å²) in [7, 11) is 3.27. The third-order valence-corrected chi connectivity index (χ3v) is 5.66. The van der Waals surface area contributed by atoms with Crippen LogP contribution in [0.4, 0.5) is 5.95 Å². The number of benzene rings is 1. The van der Waals surface area contributed by atoms with Gasteiger partial charge in [0.2, 0.25) is 11.8 Å². The van der Waals surface area contributed by atoms with Crippen molar-refractivity contribution in [1.82, 2.24) is 35.5 Å². The highest BCUT2D eigenvalue weighted by atomic mass is 16.7. The third kappa shape index (κ3) is 6.73. The number of amidine groups is 1. The molecule has 3 aromatic rings. The molecule has 0 saturated heterocycles. The van der Waals surface area contributed by atoms with Crippen LogP contribution in [0.5, 0.6) is 17.4 Å². The van der Waals surface area contributed by atoms with Gasteiger partial charge in [-0.15, -0.1) is 5.10 Å². The molecule has 196 valence electrons. The van der Waals surface area contributed by atoms with Gasteiger partial charge in [-0.3, -0.25) is 4.99 Å². The molecular formula is C25H33N9O3. The Kier molecular flexibility index (Phi) is 8.52.